The van der Waals surface area contributed by atoms with Crippen LogP contribution in [0.4, 0.5) is 8.78 Å². The summed E-state index contributed by atoms with van der Waals surface area (Å²) in [5.74, 6) is 0. The Morgan fingerprint density at radius 3 is 2.70 bits per heavy atom. The fraction of sp³-hybridized carbons (Fsp3) is 0.833. The molecule has 0 saturated carbocycles. The van der Waals surface area contributed by atoms with Crippen LogP contribution in [0.15, 0.2) is 0 Å². The van der Waals surface area contributed by atoms with Crippen LogP contribution in [0.5, 0.6) is 0 Å². The Kier molecular flexibility index (Phi) is 5.99. The number of hydrogen-bond donors (Lipinski definition) is 1. The number of nitrogens with one attached hydrogen (secondary N) is 1. The summed E-state index contributed by atoms with van der Waals surface area (Å²) in [6.45, 7) is 0.226. The van der Waals surface area contributed by atoms with Crippen molar-refractivity contribution in [2.45, 2.75) is 19.3 Å². The van der Waals surface area contributed by atoms with Gasteiger partial charge >= 0.3 is 0 Å². The Morgan fingerprint density at radius 1 is 1.50 bits per heavy atom. The highest BCUT2D eigenvalue weighted by molar-refractivity contribution is 4.68. The van der Waals surface area contributed by atoms with Crippen molar-refractivity contribution in [1.29, 1.82) is 5.26 Å². The fourth-order valence-electron chi connectivity index (χ4n) is 0.504. The van der Waals surface area contributed by atoms with Crippen LogP contribution in [0.3, 0.4) is 0 Å². The molecule has 0 atom stereocenters. The predicted octanol–water partition coefficient (Wildman–Crippen LogP) is 1.14. The molecule has 0 amide bonds. The number of hydrogen-bond acceptors (Lipinski definition) is 2. The van der Waals surface area contributed by atoms with Gasteiger partial charge in [0, 0.05) is 6.42 Å². The SMILES string of the molecule is N#CCCCNCC(F)F. The number of nitrogens with zero attached hydrogens (tertiary/aromatic N) is 1. The van der Waals surface area contributed by atoms with Gasteiger partial charge in [0.2, 0.25) is 0 Å². The first-order chi connectivity index (χ1) is 4.77. The van der Waals surface area contributed by atoms with Gasteiger partial charge in [-0.25, -0.2) is 8.78 Å². The van der Waals surface area contributed by atoms with E-state index in [2.05, 4.69) is 5.32 Å². The molecule has 0 aromatic rings. The third-order valence-electron chi connectivity index (χ3n) is 0.941. The molecule has 0 spiro atoms. The van der Waals surface area contributed by atoms with Gasteiger partial charge in [0.1, 0.15) is 0 Å². The minimum Gasteiger partial charge on any atom is -0.311 e. The summed E-state index contributed by atoms with van der Waals surface area (Å²) in [5.41, 5.74) is 0. The Morgan fingerprint density at radius 2 is 2.20 bits per heavy atom. The second-order valence-electron chi connectivity index (χ2n) is 1.86. The van der Waals surface area contributed by atoms with E-state index in [1.54, 1.807) is 0 Å². The summed E-state index contributed by atoms with van der Waals surface area (Å²) < 4.78 is 22.8. The van der Waals surface area contributed by atoms with Gasteiger partial charge in [-0.2, -0.15) is 5.26 Å². The van der Waals surface area contributed by atoms with Crippen LogP contribution in [0.25, 0.3) is 0 Å². The van der Waals surface area contributed by atoms with Gasteiger partial charge in [0.25, 0.3) is 6.43 Å². The second kappa shape index (κ2) is 6.43. The highest BCUT2D eigenvalue weighted by Crippen LogP contribution is 1.88. The van der Waals surface area contributed by atoms with Gasteiger partial charge in [-0.3, -0.25) is 0 Å². The van der Waals surface area contributed by atoms with Crippen LogP contribution in [-0.2, 0) is 0 Å². The summed E-state index contributed by atoms with van der Waals surface area (Å²) in [6, 6.07) is 1.93. The molecule has 0 saturated heterocycles. The molecule has 0 aliphatic rings. The van der Waals surface area contributed by atoms with Crippen molar-refractivity contribution in [3.63, 3.8) is 0 Å². The van der Waals surface area contributed by atoms with Crippen molar-refractivity contribution in [2.24, 2.45) is 0 Å². The second-order valence-corrected chi connectivity index (χ2v) is 1.86. The minimum atomic E-state index is -2.29. The Bertz CT molecular complexity index is 109. The molecule has 0 heterocycles. The molecule has 0 fully saturated rings. The fourth-order valence-corrected chi connectivity index (χ4v) is 0.504. The summed E-state index contributed by atoms with van der Waals surface area (Å²) in [7, 11) is 0. The molecule has 0 radical (unpaired) electrons. The van der Waals surface area contributed by atoms with Crippen molar-refractivity contribution < 1.29 is 8.78 Å². The molecule has 0 aliphatic carbocycles. The smallest absolute Gasteiger partial charge is 0.250 e. The predicted molar refractivity (Wildman–Crippen MR) is 33.7 cm³/mol. The van der Waals surface area contributed by atoms with Gasteiger partial charge < -0.3 is 5.32 Å². The van der Waals surface area contributed by atoms with E-state index in [0.717, 1.165) is 0 Å². The molecule has 2 nitrogen and oxygen atoms in total. The zero-order chi connectivity index (χ0) is 7.82. The summed E-state index contributed by atoms with van der Waals surface area (Å²) in [6.07, 6.45) is -1.22. The zero-order valence-corrected chi connectivity index (χ0v) is 5.61. The quantitative estimate of drug-likeness (QED) is 0.593. The molecule has 0 aromatic carbocycles. The maximum Gasteiger partial charge on any atom is 0.250 e. The summed E-state index contributed by atoms with van der Waals surface area (Å²) in [4.78, 5) is 0. The number of halogens is 2. The van der Waals surface area contributed by atoms with Crippen molar-refractivity contribution in [3.05, 3.63) is 0 Å². The maximum atomic E-state index is 11.4. The molecule has 0 rings (SSSR count). The topological polar surface area (TPSA) is 35.8 Å². The van der Waals surface area contributed by atoms with Crippen LogP contribution in [0.2, 0.25) is 0 Å². The summed E-state index contributed by atoms with van der Waals surface area (Å²) in [5, 5.41) is 10.6. The summed E-state index contributed by atoms with van der Waals surface area (Å²) >= 11 is 0. The third-order valence-corrected chi connectivity index (χ3v) is 0.941. The van der Waals surface area contributed by atoms with Gasteiger partial charge in [-0.05, 0) is 13.0 Å². The number of alkyl halides is 2. The average molecular weight is 148 g/mol. The largest absolute Gasteiger partial charge is 0.311 e. The van der Waals surface area contributed by atoms with Crippen molar-refractivity contribution >= 4 is 0 Å². The maximum absolute atomic E-state index is 11.4. The van der Waals surface area contributed by atoms with Crippen LogP contribution in [0, 0.1) is 11.3 Å². The van der Waals surface area contributed by atoms with Crippen LogP contribution in [-0.4, -0.2) is 19.5 Å². The first-order valence-electron chi connectivity index (χ1n) is 3.13. The van der Waals surface area contributed by atoms with E-state index in [4.69, 9.17) is 5.26 Å². The van der Waals surface area contributed by atoms with Crippen LogP contribution in [0.1, 0.15) is 12.8 Å². The third kappa shape index (κ3) is 7.31. The molecule has 0 aromatic heterocycles. The molecular weight excluding hydrogens is 138 g/mol. The van der Waals surface area contributed by atoms with Gasteiger partial charge in [0.15, 0.2) is 0 Å². The van der Waals surface area contributed by atoms with Crippen LogP contribution < -0.4 is 5.32 Å². The van der Waals surface area contributed by atoms with Gasteiger partial charge in [0.05, 0.1) is 12.6 Å². The van der Waals surface area contributed by atoms with E-state index < -0.39 is 6.43 Å². The minimum absolute atomic E-state index is 0.272. The molecule has 0 aliphatic heterocycles. The van der Waals surface area contributed by atoms with Crippen molar-refractivity contribution in [1.82, 2.24) is 5.32 Å². The lowest BCUT2D eigenvalue weighted by Crippen LogP contribution is -2.22. The van der Waals surface area contributed by atoms with E-state index in [0.29, 0.717) is 19.4 Å². The molecule has 58 valence electrons. The lowest BCUT2D eigenvalue weighted by Gasteiger charge is -1.99. The van der Waals surface area contributed by atoms with E-state index in [9.17, 15) is 8.78 Å². The van der Waals surface area contributed by atoms with E-state index in [1.807, 2.05) is 6.07 Å². The molecular formula is C6H10F2N2. The number of rotatable bonds is 5. The molecule has 1 N–H and O–H groups in total. The first-order valence-corrected chi connectivity index (χ1v) is 3.13. The Hall–Kier alpha value is -0.690. The van der Waals surface area contributed by atoms with E-state index >= 15 is 0 Å². The number of nitriles is 1. The average Bonchev–Trinajstić information content (AvgIpc) is 1.87. The van der Waals surface area contributed by atoms with E-state index in [1.165, 1.54) is 0 Å². The monoisotopic (exact) mass is 148 g/mol. The highest BCUT2D eigenvalue weighted by Gasteiger charge is 1.98. The highest BCUT2D eigenvalue weighted by atomic mass is 19.3. The normalized spacial score (nSPS) is 9.80. The van der Waals surface area contributed by atoms with Gasteiger partial charge in [-0.1, -0.05) is 0 Å². The standard InChI is InChI=1S/C6H10F2N2/c7-6(8)5-10-4-2-1-3-9/h6,10H,1-2,4-5H2. The number of unbranched alkanes of at least 4 members (excludes halogenated alkanes) is 1. The van der Waals surface area contributed by atoms with Crippen molar-refractivity contribution in [2.75, 3.05) is 13.1 Å². The van der Waals surface area contributed by atoms with E-state index in [-0.39, 0.29) is 6.54 Å². The first kappa shape index (κ1) is 9.31. The molecule has 10 heavy (non-hydrogen) atoms. The Balaban J connectivity index is 2.86. The van der Waals surface area contributed by atoms with Gasteiger partial charge in [-0.15, -0.1) is 0 Å². The molecule has 4 heteroatoms. The lowest BCUT2D eigenvalue weighted by atomic mass is 10.3. The van der Waals surface area contributed by atoms with Crippen LogP contribution >= 0.6 is 0 Å². The lowest BCUT2D eigenvalue weighted by molar-refractivity contribution is 0.146. The Labute approximate surface area is 58.8 Å². The zero-order valence-electron chi connectivity index (χ0n) is 5.61. The van der Waals surface area contributed by atoms with Crippen molar-refractivity contribution in [3.8, 4) is 6.07 Å². The molecule has 0 bridgehead atoms. The molecule has 0 unspecified atom stereocenters.